The molecule has 142 heavy (non-hydrogen) atoms. The lowest BCUT2D eigenvalue weighted by atomic mass is 9.91. The van der Waals surface area contributed by atoms with E-state index in [2.05, 4.69) is 607 Å². The van der Waals surface area contributed by atoms with Gasteiger partial charge in [-0.15, -0.1) is 22.7 Å². The average Bonchev–Trinajstić information content (AvgIpc) is 0.786. The highest BCUT2D eigenvalue weighted by Gasteiger charge is 2.19. The topological polar surface area (TPSA) is 13.0 Å². The summed E-state index contributed by atoms with van der Waals surface area (Å²) < 4.78 is 0. The van der Waals surface area contributed by atoms with Crippen LogP contribution in [0.15, 0.2) is 425 Å². The van der Waals surface area contributed by atoms with Crippen LogP contribution in [-0.4, -0.2) is 0 Å². The van der Waals surface area contributed by atoms with Crippen molar-refractivity contribution in [1.29, 1.82) is 0 Å². The van der Waals surface area contributed by atoms with Gasteiger partial charge in [-0.25, -0.2) is 0 Å². The smallest absolute Gasteiger partial charge is 0.0462 e. The maximum absolute atomic E-state index is 2.31. The summed E-state index contributed by atoms with van der Waals surface area (Å²) in [5.74, 6) is 0. The molecule has 0 saturated carbocycles. The molecule has 6 heteroatoms. The largest absolute Gasteiger partial charge is 0.311 e. The number of anilines is 12. The van der Waals surface area contributed by atoms with Gasteiger partial charge in [-0.1, -0.05) is 360 Å². The van der Waals surface area contributed by atoms with Crippen LogP contribution in [0.3, 0.4) is 0 Å². The first-order valence-corrected chi connectivity index (χ1v) is 50.6. The predicted octanol–water partition coefficient (Wildman–Crippen LogP) is 40.6. The Kier molecular flexibility index (Phi) is 33.3. The van der Waals surface area contributed by atoms with Crippen molar-refractivity contribution in [2.24, 2.45) is 0 Å². The Bertz CT molecular complexity index is 7200. The maximum Gasteiger partial charge on any atom is 0.0462 e. The second kappa shape index (κ2) is 47.9. The monoisotopic (exact) mass is 1880 g/mol. The number of hydrogen-bond donors (Lipinski definition) is 0. The molecule has 0 radical (unpaired) electrons. The number of thiophene rings is 2. The Morgan fingerprint density at radius 3 is 0.556 bits per heavy atom. The van der Waals surface area contributed by atoms with Crippen LogP contribution in [0.5, 0.6) is 0 Å². The minimum atomic E-state index is 1.14. The summed E-state index contributed by atoms with van der Waals surface area (Å²) >= 11 is 3.65. The molecule has 0 amide bonds. The van der Waals surface area contributed by atoms with E-state index in [9.17, 15) is 0 Å². The minimum Gasteiger partial charge on any atom is -0.311 e. The van der Waals surface area contributed by atoms with Crippen LogP contribution >= 0.6 is 22.7 Å². The van der Waals surface area contributed by atoms with Crippen molar-refractivity contribution in [3.8, 4) is 11.1 Å². The van der Waals surface area contributed by atoms with Crippen molar-refractivity contribution in [2.75, 3.05) is 19.6 Å². The summed E-state index contributed by atoms with van der Waals surface area (Å²) in [7, 11) is 0. The van der Waals surface area contributed by atoms with Crippen LogP contribution < -0.4 is 19.6 Å². The average molecular weight is 1880 g/mol. The van der Waals surface area contributed by atoms with Crippen molar-refractivity contribution >= 4 is 185 Å². The molecule has 0 spiro atoms. The number of nitrogens with zero attached hydrogens (tertiary/aromatic N) is 4. The molecule has 0 aliphatic carbocycles. The van der Waals surface area contributed by atoms with Crippen molar-refractivity contribution in [3.63, 3.8) is 0 Å². The Morgan fingerprint density at radius 2 is 0.345 bits per heavy atom. The summed E-state index contributed by atoms with van der Waals surface area (Å²) in [6, 6.07) is 144. The first kappa shape index (κ1) is 98.8. The molecule has 700 valence electrons. The molecule has 4 nitrogen and oxygen atoms in total. The lowest BCUT2D eigenvalue weighted by Crippen LogP contribution is -2.09. The van der Waals surface area contributed by atoms with E-state index in [0.29, 0.717) is 0 Å². The Labute approximate surface area is 850 Å². The molecule has 19 aromatic rings. The van der Waals surface area contributed by atoms with E-state index >= 15 is 0 Å². The molecule has 0 unspecified atom stereocenters. The molecular weight excluding hydrogens is 1750 g/mol. The number of allylic oxidation sites excluding steroid dienone is 4. The van der Waals surface area contributed by atoms with E-state index < -0.39 is 0 Å². The van der Waals surface area contributed by atoms with Crippen LogP contribution in [-0.2, 0) is 0 Å². The van der Waals surface area contributed by atoms with Crippen molar-refractivity contribution in [1.82, 2.24) is 0 Å². The molecule has 0 saturated heterocycles. The van der Waals surface area contributed by atoms with E-state index in [1.807, 2.05) is 29.6 Å². The zero-order valence-electron chi connectivity index (χ0n) is 83.9. The van der Waals surface area contributed by atoms with Crippen LogP contribution in [0.25, 0.3) is 106 Å². The van der Waals surface area contributed by atoms with Crippen LogP contribution in [0.1, 0.15) is 147 Å². The van der Waals surface area contributed by atoms with Crippen molar-refractivity contribution in [3.05, 3.63) is 544 Å². The third kappa shape index (κ3) is 25.6. The van der Waals surface area contributed by atoms with E-state index in [4.69, 9.17) is 0 Å². The summed E-state index contributed by atoms with van der Waals surface area (Å²) in [5, 5.41) is 5.10. The number of rotatable bonds is 25. The molecule has 0 bridgehead atoms. The molecule has 0 aliphatic rings. The van der Waals surface area contributed by atoms with Gasteiger partial charge in [-0.3, -0.25) is 0 Å². The van der Waals surface area contributed by atoms with Gasteiger partial charge in [0, 0.05) is 87.8 Å². The van der Waals surface area contributed by atoms with Gasteiger partial charge < -0.3 is 19.6 Å². The molecule has 0 N–H and O–H groups in total. The predicted molar refractivity (Wildman–Crippen MR) is 628 cm³/mol. The molecule has 17 aromatic carbocycles. The number of fused-ring (bicyclic) bond motifs is 2. The minimum absolute atomic E-state index is 1.14. The fourth-order valence-corrected chi connectivity index (χ4v) is 19.4. The van der Waals surface area contributed by atoms with Crippen LogP contribution in [0.4, 0.5) is 68.2 Å². The Hall–Kier alpha value is -16.2. The van der Waals surface area contributed by atoms with Gasteiger partial charge in [-0.05, 0) is 367 Å². The highest BCUT2D eigenvalue weighted by atomic mass is 32.1. The van der Waals surface area contributed by atoms with E-state index in [-0.39, 0.29) is 0 Å². The first-order valence-electron chi connectivity index (χ1n) is 49.0. The van der Waals surface area contributed by atoms with E-state index in [0.717, 1.165) is 68.2 Å². The quantitative estimate of drug-likeness (QED) is 0.0418. The zero-order chi connectivity index (χ0) is 98.8. The summed E-state index contributed by atoms with van der Waals surface area (Å²) in [6.45, 7) is 29.6. The first-order chi connectivity index (χ1) is 69.3. The molecule has 0 aliphatic heterocycles. The fraction of sp³-hybridized carbons (Fsp3) is 0.103. The summed E-state index contributed by atoms with van der Waals surface area (Å²) in [6.07, 6.45) is 34.7. The SMILES string of the molecule is CC=Cc1c2ccccc2c(C=Cc2ccc(N(c3ccc(C)cc3)c3ccc(C)cc3)cc2)c2ccccc12.CC=Cc1ccc(-c2ccc(C=Cc3ccc(N(c4ccc(C)cc4)c4ccc(C)cc4)cc3)cc2)cc1.CC=Cc1sc(C=Cc2ccc(N(c3ccc(C)cc3)c3ccc(C)cc3)cc2)cc1C.CC=Cc1sc(C=Cc2ccc(N(c3ccc(C)cc3)c3ccc(C)cc3)cc2)cc1C. The fourth-order valence-electron chi connectivity index (χ4n) is 17.3. The Balaban J connectivity index is 0.000000137. The number of aryl methyl sites for hydroxylation is 10. The summed E-state index contributed by atoms with van der Waals surface area (Å²) in [5.41, 5.74) is 38.7. The van der Waals surface area contributed by atoms with Gasteiger partial charge in [0.15, 0.2) is 0 Å². The second-order valence-electron chi connectivity index (χ2n) is 36.3. The van der Waals surface area contributed by atoms with Crippen molar-refractivity contribution in [2.45, 2.75) is 96.9 Å². The van der Waals surface area contributed by atoms with Gasteiger partial charge in [0.25, 0.3) is 0 Å². The molecule has 19 rings (SSSR count). The molecule has 0 atom stereocenters. The highest BCUT2D eigenvalue weighted by Crippen LogP contribution is 2.43. The normalized spacial score (nSPS) is 11.5. The van der Waals surface area contributed by atoms with E-state index in [1.54, 1.807) is 0 Å². The third-order valence-electron chi connectivity index (χ3n) is 25.2. The van der Waals surface area contributed by atoms with Crippen LogP contribution in [0, 0.1) is 69.2 Å². The van der Waals surface area contributed by atoms with Gasteiger partial charge in [0.2, 0.25) is 0 Å². The van der Waals surface area contributed by atoms with Gasteiger partial charge in [-0.2, -0.15) is 0 Å². The molecule has 2 aromatic heterocycles. The molecule has 0 fully saturated rings. The number of hydrogen-bond acceptors (Lipinski definition) is 6. The zero-order valence-corrected chi connectivity index (χ0v) is 85.6. The van der Waals surface area contributed by atoms with E-state index in [1.165, 1.54) is 152 Å². The van der Waals surface area contributed by atoms with Crippen LogP contribution in [0.2, 0.25) is 0 Å². The van der Waals surface area contributed by atoms with Crippen molar-refractivity contribution < 1.29 is 0 Å². The molecule has 2 heterocycles. The highest BCUT2D eigenvalue weighted by molar-refractivity contribution is 7.14. The van der Waals surface area contributed by atoms with Gasteiger partial charge >= 0.3 is 0 Å². The number of benzene rings is 17. The van der Waals surface area contributed by atoms with Gasteiger partial charge in [0.05, 0.1) is 0 Å². The second-order valence-corrected chi connectivity index (χ2v) is 38.5. The maximum atomic E-state index is 2.31. The lowest BCUT2D eigenvalue weighted by Gasteiger charge is -2.26. The van der Waals surface area contributed by atoms with Gasteiger partial charge in [0.1, 0.15) is 0 Å². The standard InChI is InChI=1S/C39H33N.C37H33N.2C30H29NS/c1-4-9-34-35-10-5-7-12-37(35)39(38-13-8-6-11-36(34)38)27-20-30-18-25-33(26-19-30)40(31-21-14-28(2)15-22-31)32-23-16-29(3)17-24-32;1-4-5-30-12-18-33(19-13-30)34-20-14-31(15-21-34)10-11-32-16-26-37(27-17-32)38(35-22-6-28(2)7-23-35)36-24-8-29(3)9-25-36;2*1-5-6-30-24(4)21-29(32-30)20-13-25-11-18-28(19-12-25)31(26-14-7-22(2)8-15-26)27-16-9-23(3)10-17-27/h4-27H,1-3H3;4-27H,1-3H3;2*5-21H,1-4H3. The Morgan fingerprint density at radius 1 is 0.169 bits per heavy atom. The third-order valence-corrected chi connectivity index (χ3v) is 27.5. The summed E-state index contributed by atoms with van der Waals surface area (Å²) in [4.78, 5) is 14.4. The lowest BCUT2D eigenvalue weighted by molar-refractivity contribution is 1.27. The molecular formula is C136H124N4S2.